The molecule has 0 aliphatic carbocycles. The van der Waals surface area contributed by atoms with Crippen LogP contribution in [-0.2, 0) is 16.1 Å². The number of hydrogen-bond donors (Lipinski definition) is 1. The topological polar surface area (TPSA) is 49.4 Å². The van der Waals surface area contributed by atoms with Crippen molar-refractivity contribution >= 4 is 46.8 Å². The van der Waals surface area contributed by atoms with Crippen LogP contribution in [0.15, 0.2) is 53.4 Å². The van der Waals surface area contributed by atoms with Crippen LogP contribution < -0.4 is 5.32 Å². The Bertz CT molecular complexity index is 812. The third-order valence-corrected chi connectivity index (χ3v) is 5.69. The quantitative estimate of drug-likeness (QED) is 0.587. The fourth-order valence-electron chi connectivity index (χ4n) is 2.56. The fraction of sp³-hybridized carbons (Fsp3) is 0.333. The lowest BCUT2D eigenvalue weighted by atomic mass is 10.1. The van der Waals surface area contributed by atoms with Crippen molar-refractivity contribution in [3.8, 4) is 0 Å². The van der Waals surface area contributed by atoms with Gasteiger partial charge in [-0.05, 0) is 56.7 Å². The van der Waals surface area contributed by atoms with Crippen molar-refractivity contribution in [3.63, 3.8) is 0 Å². The van der Waals surface area contributed by atoms with Crippen LogP contribution in [-0.4, -0.2) is 34.6 Å². The van der Waals surface area contributed by atoms with E-state index in [1.54, 1.807) is 30.0 Å². The van der Waals surface area contributed by atoms with Gasteiger partial charge in [-0.2, -0.15) is 0 Å². The standard InChI is InChI=1S/C21H24Cl2N2O2S/c1-14(2)24-21(27)15(3)25(12-16-6-4-5-7-19(16)23)20(26)13-28-18-10-8-17(22)9-11-18/h4-11,14-15H,12-13H2,1-3H3,(H,24,27)/t15-/m0/s1. The highest BCUT2D eigenvalue weighted by Gasteiger charge is 2.27. The van der Waals surface area contributed by atoms with Crippen LogP contribution in [0.25, 0.3) is 0 Å². The van der Waals surface area contributed by atoms with Gasteiger partial charge >= 0.3 is 0 Å². The molecular weight excluding hydrogens is 415 g/mol. The zero-order chi connectivity index (χ0) is 20.7. The van der Waals surface area contributed by atoms with Gasteiger partial charge in [0.05, 0.1) is 5.75 Å². The van der Waals surface area contributed by atoms with Crippen molar-refractivity contribution in [1.82, 2.24) is 10.2 Å². The van der Waals surface area contributed by atoms with Crippen LogP contribution in [0.2, 0.25) is 10.0 Å². The average molecular weight is 439 g/mol. The second-order valence-electron chi connectivity index (χ2n) is 6.69. The third-order valence-electron chi connectivity index (χ3n) is 4.07. The van der Waals surface area contributed by atoms with Crippen LogP contribution in [0.5, 0.6) is 0 Å². The maximum Gasteiger partial charge on any atom is 0.242 e. The lowest BCUT2D eigenvalue weighted by molar-refractivity contribution is -0.138. The Kier molecular flexibility index (Phi) is 8.67. The van der Waals surface area contributed by atoms with E-state index in [1.165, 1.54) is 11.8 Å². The molecule has 0 saturated carbocycles. The molecule has 2 amide bonds. The first kappa shape index (κ1) is 22.6. The van der Waals surface area contributed by atoms with Gasteiger partial charge in [0.25, 0.3) is 0 Å². The van der Waals surface area contributed by atoms with Gasteiger partial charge in [-0.3, -0.25) is 9.59 Å². The van der Waals surface area contributed by atoms with Crippen LogP contribution in [0.3, 0.4) is 0 Å². The lowest BCUT2D eigenvalue weighted by Crippen LogP contribution is -2.49. The summed E-state index contributed by atoms with van der Waals surface area (Å²) in [5, 5.41) is 4.09. The molecule has 0 unspecified atom stereocenters. The maximum atomic E-state index is 13.0. The molecule has 0 radical (unpaired) electrons. The van der Waals surface area contributed by atoms with E-state index >= 15 is 0 Å². The van der Waals surface area contributed by atoms with E-state index in [4.69, 9.17) is 23.2 Å². The van der Waals surface area contributed by atoms with E-state index in [9.17, 15) is 9.59 Å². The largest absolute Gasteiger partial charge is 0.352 e. The Morgan fingerprint density at radius 1 is 1.04 bits per heavy atom. The predicted octanol–water partition coefficient (Wildman–Crippen LogP) is 5.03. The van der Waals surface area contributed by atoms with Gasteiger partial charge < -0.3 is 10.2 Å². The predicted molar refractivity (Wildman–Crippen MR) is 117 cm³/mol. The zero-order valence-corrected chi connectivity index (χ0v) is 18.4. The van der Waals surface area contributed by atoms with Crippen molar-refractivity contribution in [2.45, 2.75) is 44.3 Å². The molecule has 1 atom stereocenters. The summed E-state index contributed by atoms with van der Waals surface area (Å²) in [6, 6.07) is 14.0. The molecule has 0 bridgehead atoms. The molecule has 1 N–H and O–H groups in total. The highest BCUT2D eigenvalue weighted by molar-refractivity contribution is 8.00. The zero-order valence-electron chi connectivity index (χ0n) is 16.1. The maximum absolute atomic E-state index is 13.0. The molecule has 7 heteroatoms. The van der Waals surface area contributed by atoms with Crippen molar-refractivity contribution < 1.29 is 9.59 Å². The minimum Gasteiger partial charge on any atom is -0.352 e. The summed E-state index contributed by atoms with van der Waals surface area (Å²) in [6.45, 7) is 5.79. The monoisotopic (exact) mass is 438 g/mol. The van der Waals surface area contributed by atoms with E-state index in [0.717, 1.165) is 10.5 Å². The molecule has 0 aliphatic heterocycles. The molecule has 0 heterocycles. The summed E-state index contributed by atoms with van der Waals surface area (Å²) in [5.74, 6) is -0.107. The Hall–Kier alpha value is -1.69. The van der Waals surface area contributed by atoms with E-state index in [-0.39, 0.29) is 30.2 Å². The Balaban J connectivity index is 2.15. The highest BCUT2D eigenvalue weighted by atomic mass is 35.5. The SMILES string of the molecule is CC(C)NC(=O)[C@H](C)N(Cc1ccccc1Cl)C(=O)CSc1ccc(Cl)cc1. The van der Waals surface area contributed by atoms with Crippen molar-refractivity contribution in [2.75, 3.05) is 5.75 Å². The van der Waals surface area contributed by atoms with Crippen molar-refractivity contribution in [1.29, 1.82) is 0 Å². The first-order valence-corrected chi connectivity index (χ1v) is 10.7. The Morgan fingerprint density at radius 3 is 2.29 bits per heavy atom. The number of nitrogens with zero attached hydrogens (tertiary/aromatic N) is 1. The summed E-state index contributed by atoms with van der Waals surface area (Å²) >= 11 is 13.6. The number of hydrogen-bond acceptors (Lipinski definition) is 3. The van der Waals surface area contributed by atoms with Gasteiger partial charge in [0, 0.05) is 27.5 Å². The van der Waals surface area contributed by atoms with E-state index in [2.05, 4.69) is 5.32 Å². The smallest absolute Gasteiger partial charge is 0.242 e. The summed E-state index contributed by atoms with van der Waals surface area (Å²) in [6.07, 6.45) is 0. The molecule has 0 saturated heterocycles. The Morgan fingerprint density at radius 2 is 1.68 bits per heavy atom. The van der Waals surface area contributed by atoms with Gasteiger partial charge in [-0.1, -0.05) is 41.4 Å². The van der Waals surface area contributed by atoms with Crippen molar-refractivity contribution in [3.05, 3.63) is 64.1 Å². The summed E-state index contributed by atoms with van der Waals surface area (Å²) in [7, 11) is 0. The molecule has 2 aromatic rings. The van der Waals surface area contributed by atoms with Crippen LogP contribution >= 0.6 is 35.0 Å². The lowest BCUT2D eigenvalue weighted by Gasteiger charge is -2.29. The van der Waals surface area contributed by atoms with E-state index in [1.807, 2.05) is 44.2 Å². The molecular formula is C21H24Cl2N2O2S. The summed E-state index contributed by atoms with van der Waals surface area (Å²) < 4.78 is 0. The molecule has 0 aliphatic rings. The molecule has 4 nitrogen and oxygen atoms in total. The van der Waals surface area contributed by atoms with Gasteiger partial charge in [0.15, 0.2) is 0 Å². The number of thioether (sulfide) groups is 1. The Labute approximate surface area is 180 Å². The van der Waals surface area contributed by atoms with Crippen molar-refractivity contribution in [2.24, 2.45) is 0 Å². The van der Waals surface area contributed by atoms with E-state index < -0.39 is 6.04 Å². The number of carbonyl (C=O) groups excluding carboxylic acids is 2. The van der Waals surface area contributed by atoms with Gasteiger partial charge in [-0.25, -0.2) is 0 Å². The number of halogens is 2. The number of nitrogens with one attached hydrogen (secondary N) is 1. The molecule has 150 valence electrons. The van der Waals surface area contributed by atoms with Crippen LogP contribution in [0, 0.1) is 0 Å². The highest BCUT2D eigenvalue weighted by Crippen LogP contribution is 2.23. The normalized spacial score (nSPS) is 11.9. The molecule has 2 aromatic carbocycles. The second-order valence-corrected chi connectivity index (χ2v) is 8.59. The van der Waals surface area contributed by atoms with Gasteiger partial charge in [0.2, 0.25) is 11.8 Å². The molecule has 28 heavy (non-hydrogen) atoms. The fourth-order valence-corrected chi connectivity index (χ4v) is 3.66. The minimum atomic E-state index is -0.614. The number of amides is 2. The molecule has 2 rings (SSSR count). The number of carbonyl (C=O) groups is 2. The van der Waals surface area contributed by atoms with Crippen LogP contribution in [0.4, 0.5) is 0 Å². The number of benzene rings is 2. The summed E-state index contributed by atoms with van der Waals surface area (Å²) in [4.78, 5) is 28.0. The third kappa shape index (κ3) is 6.73. The molecule has 0 spiro atoms. The minimum absolute atomic E-state index is 0.00402. The van der Waals surface area contributed by atoms with Gasteiger partial charge in [0.1, 0.15) is 6.04 Å². The summed E-state index contributed by atoms with van der Waals surface area (Å²) in [5.41, 5.74) is 0.804. The second kappa shape index (κ2) is 10.7. The molecule has 0 aromatic heterocycles. The number of rotatable bonds is 8. The first-order valence-electron chi connectivity index (χ1n) is 8.99. The van der Waals surface area contributed by atoms with Crippen LogP contribution in [0.1, 0.15) is 26.3 Å². The molecule has 0 fully saturated rings. The average Bonchev–Trinajstić information content (AvgIpc) is 2.65. The van der Waals surface area contributed by atoms with Gasteiger partial charge in [-0.15, -0.1) is 11.8 Å². The van der Waals surface area contributed by atoms with E-state index in [0.29, 0.717) is 10.0 Å². The first-order chi connectivity index (χ1) is 13.3.